The number of halogens is 2. The Kier molecular flexibility index (Phi) is 5.64. The summed E-state index contributed by atoms with van der Waals surface area (Å²) in [6.07, 6.45) is 2.99. The van der Waals surface area contributed by atoms with E-state index < -0.39 is 0 Å². The van der Waals surface area contributed by atoms with Crippen LogP contribution in [-0.4, -0.2) is 34.8 Å². The van der Waals surface area contributed by atoms with Crippen molar-refractivity contribution in [2.24, 2.45) is 5.92 Å². The first-order chi connectivity index (χ1) is 12.4. The molecule has 0 aliphatic carbocycles. The van der Waals surface area contributed by atoms with Crippen LogP contribution in [0.4, 0.5) is 11.5 Å². The van der Waals surface area contributed by atoms with Crippen LogP contribution in [0.1, 0.15) is 23.2 Å². The van der Waals surface area contributed by atoms with Gasteiger partial charge in [0.15, 0.2) is 0 Å². The fraction of sp³-hybridized carbons (Fsp3) is 0.278. The highest BCUT2D eigenvalue weighted by molar-refractivity contribution is 6.42. The first kappa shape index (κ1) is 18.5. The summed E-state index contributed by atoms with van der Waals surface area (Å²) in [5.41, 5.74) is 6.58. The van der Waals surface area contributed by atoms with Crippen molar-refractivity contribution in [3.8, 4) is 0 Å². The van der Waals surface area contributed by atoms with Gasteiger partial charge in [-0.2, -0.15) is 0 Å². The number of hydrogen-bond donors (Lipinski definition) is 2. The molecule has 1 unspecified atom stereocenters. The number of anilines is 2. The highest BCUT2D eigenvalue weighted by Gasteiger charge is 2.29. The van der Waals surface area contributed by atoms with Crippen LogP contribution < -0.4 is 11.1 Å². The van der Waals surface area contributed by atoms with Gasteiger partial charge in [0, 0.05) is 18.7 Å². The Morgan fingerprint density at radius 3 is 2.69 bits per heavy atom. The normalized spacial score (nSPS) is 17.0. The number of nitrogens with one attached hydrogen (secondary N) is 1. The van der Waals surface area contributed by atoms with Crippen molar-refractivity contribution in [1.82, 2.24) is 9.88 Å². The van der Waals surface area contributed by atoms with E-state index in [0.717, 1.165) is 12.8 Å². The molecule has 1 atom stereocenters. The molecule has 3 rings (SSSR count). The van der Waals surface area contributed by atoms with Crippen molar-refractivity contribution < 1.29 is 9.59 Å². The number of pyridine rings is 1. The Morgan fingerprint density at radius 2 is 2.00 bits per heavy atom. The van der Waals surface area contributed by atoms with Gasteiger partial charge < -0.3 is 16.0 Å². The first-order valence-corrected chi connectivity index (χ1v) is 8.96. The molecule has 1 aliphatic heterocycles. The quantitative estimate of drug-likeness (QED) is 0.836. The fourth-order valence-corrected chi connectivity index (χ4v) is 3.21. The van der Waals surface area contributed by atoms with E-state index in [4.69, 9.17) is 28.9 Å². The Balaban J connectivity index is 1.66. The SMILES string of the molecule is Nc1ccc(NC(=O)C2CCCN(C(=O)c3ccc(Cl)c(Cl)c3)C2)cn1. The van der Waals surface area contributed by atoms with Crippen LogP contribution >= 0.6 is 23.2 Å². The third-order valence-corrected chi connectivity index (χ3v) is 5.04. The number of benzene rings is 1. The molecule has 1 aromatic carbocycles. The number of rotatable bonds is 3. The average Bonchev–Trinajstić information content (AvgIpc) is 2.65. The maximum Gasteiger partial charge on any atom is 0.253 e. The molecule has 1 aromatic heterocycles. The van der Waals surface area contributed by atoms with Gasteiger partial charge in [0.1, 0.15) is 5.82 Å². The van der Waals surface area contributed by atoms with Crippen molar-refractivity contribution >= 4 is 46.5 Å². The zero-order valence-corrected chi connectivity index (χ0v) is 15.4. The molecule has 1 saturated heterocycles. The number of aromatic nitrogens is 1. The molecule has 0 bridgehead atoms. The molecule has 26 heavy (non-hydrogen) atoms. The predicted molar refractivity (Wildman–Crippen MR) is 102 cm³/mol. The molecular weight excluding hydrogens is 375 g/mol. The Hall–Kier alpha value is -2.31. The van der Waals surface area contributed by atoms with Gasteiger partial charge in [-0.25, -0.2) is 4.98 Å². The highest BCUT2D eigenvalue weighted by Crippen LogP contribution is 2.25. The average molecular weight is 393 g/mol. The molecule has 6 nitrogen and oxygen atoms in total. The number of likely N-dealkylation sites (tertiary alicyclic amines) is 1. The van der Waals surface area contributed by atoms with Gasteiger partial charge in [-0.3, -0.25) is 9.59 Å². The molecule has 136 valence electrons. The van der Waals surface area contributed by atoms with Crippen LogP contribution in [0.25, 0.3) is 0 Å². The van der Waals surface area contributed by atoms with Crippen LogP contribution in [0.5, 0.6) is 0 Å². The van der Waals surface area contributed by atoms with Crippen LogP contribution in [0, 0.1) is 5.92 Å². The minimum atomic E-state index is -0.284. The first-order valence-electron chi connectivity index (χ1n) is 8.21. The second-order valence-electron chi connectivity index (χ2n) is 6.18. The van der Waals surface area contributed by atoms with Crippen LogP contribution in [-0.2, 0) is 4.79 Å². The van der Waals surface area contributed by atoms with Gasteiger partial charge in [-0.1, -0.05) is 23.2 Å². The van der Waals surface area contributed by atoms with Gasteiger partial charge in [-0.05, 0) is 43.2 Å². The maximum absolute atomic E-state index is 12.7. The van der Waals surface area contributed by atoms with E-state index in [2.05, 4.69) is 10.3 Å². The minimum Gasteiger partial charge on any atom is -0.384 e. The van der Waals surface area contributed by atoms with E-state index in [0.29, 0.717) is 40.2 Å². The summed E-state index contributed by atoms with van der Waals surface area (Å²) >= 11 is 11.9. The summed E-state index contributed by atoms with van der Waals surface area (Å²) in [7, 11) is 0. The lowest BCUT2D eigenvalue weighted by Gasteiger charge is -2.32. The molecular formula is C18H18Cl2N4O2. The molecule has 3 N–H and O–H groups in total. The van der Waals surface area contributed by atoms with Crippen LogP contribution in [0.2, 0.25) is 10.0 Å². The molecule has 2 amide bonds. The molecule has 8 heteroatoms. The number of nitrogens with zero attached hydrogens (tertiary/aromatic N) is 2. The number of carbonyl (C=O) groups is 2. The smallest absolute Gasteiger partial charge is 0.253 e. The van der Waals surface area contributed by atoms with Gasteiger partial charge in [0.05, 0.1) is 27.8 Å². The van der Waals surface area contributed by atoms with E-state index in [9.17, 15) is 9.59 Å². The highest BCUT2D eigenvalue weighted by atomic mass is 35.5. The Bertz CT molecular complexity index is 826. The molecule has 0 saturated carbocycles. The largest absolute Gasteiger partial charge is 0.384 e. The zero-order chi connectivity index (χ0) is 18.7. The second-order valence-corrected chi connectivity index (χ2v) is 6.99. The molecule has 1 fully saturated rings. The van der Waals surface area contributed by atoms with Crippen molar-refractivity contribution in [2.75, 3.05) is 24.1 Å². The number of hydrogen-bond acceptors (Lipinski definition) is 4. The molecule has 2 aromatic rings. The van der Waals surface area contributed by atoms with Crippen molar-refractivity contribution in [2.45, 2.75) is 12.8 Å². The second kappa shape index (κ2) is 7.93. The third kappa shape index (κ3) is 4.26. The topological polar surface area (TPSA) is 88.3 Å². The van der Waals surface area contributed by atoms with Crippen molar-refractivity contribution in [1.29, 1.82) is 0 Å². The molecule has 2 heterocycles. The lowest BCUT2D eigenvalue weighted by molar-refractivity contribution is -0.121. The summed E-state index contributed by atoms with van der Waals surface area (Å²) in [4.78, 5) is 30.8. The minimum absolute atomic E-state index is 0.136. The van der Waals surface area contributed by atoms with Gasteiger partial charge in [0.2, 0.25) is 5.91 Å². The van der Waals surface area contributed by atoms with E-state index in [1.54, 1.807) is 35.2 Å². The summed E-state index contributed by atoms with van der Waals surface area (Å²) in [5.74, 6) is -0.189. The maximum atomic E-state index is 12.7. The molecule has 0 spiro atoms. The van der Waals surface area contributed by atoms with E-state index >= 15 is 0 Å². The molecule has 0 radical (unpaired) electrons. The van der Waals surface area contributed by atoms with E-state index in [1.165, 1.54) is 6.20 Å². The third-order valence-electron chi connectivity index (χ3n) is 4.30. The Morgan fingerprint density at radius 1 is 1.19 bits per heavy atom. The lowest BCUT2D eigenvalue weighted by atomic mass is 9.96. The van der Waals surface area contributed by atoms with E-state index in [-0.39, 0.29) is 17.7 Å². The van der Waals surface area contributed by atoms with Crippen molar-refractivity contribution in [3.63, 3.8) is 0 Å². The number of nitrogen functional groups attached to an aromatic ring is 1. The molecule has 1 aliphatic rings. The van der Waals surface area contributed by atoms with E-state index in [1.807, 2.05) is 0 Å². The van der Waals surface area contributed by atoms with Gasteiger partial charge in [-0.15, -0.1) is 0 Å². The van der Waals surface area contributed by atoms with Gasteiger partial charge >= 0.3 is 0 Å². The predicted octanol–water partition coefficient (Wildman–Crippen LogP) is 3.46. The van der Waals surface area contributed by atoms with Gasteiger partial charge in [0.25, 0.3) is 5.91 Å². The summed E-state index contributed by atoms with van der Waals surface area (Å²) in [6, 6.07) is 8.11. The summed E-state index contributed by atoms with van der Waals surface area (Å²) < 4.78 is 0. The lowest BCUT2D eigenvalue weighted by Crippen LogP contribution is -2.43. The van der Waals surface area contributed by atoms with Crippen molar-refractivity contribution in [3.05, 3.63) is 52.1 Å². The monoisotopic (exact) mass is 392 g/mol. The van der Waals surface area contributed by atoms with Crippen LogP contribution in [0.15, 0.2) is 36.5 Å². The number of piperidine rings is 1. The Labute approximate surface area is 161 Å². The number of carbonyl (C=O) groups excluding carboxylic acids is 2. The fourth-order valence-electron chi connectivity index (χ4n) is 2.91. The summed E-state index contributed by atoms with van der Waals surface area (Å²) in [6.45, 7) is 0.958. The van der Waals surface area contributed by atoms with Crippen LogP contribution in [0.3, 0.4) is 0 Å². The standard InChI is InChI=1S/C18H18Cl2N4O2/c19-14-5-3-11(8-15(14)20)18(26)24-7-1-2-12(10-24)17(25)23-13-4-6-16(21)22-9-13/h3-6,8-9,12H,1-2,7,10H2,(H2,21,22)(H,23,25). The number of amides is 2. The number of nitrogens with two attached hydrogens (primary N) is 1. The summed E-state index contributed by atoms with van der Waals surface area (Å²) in [5, 5.41) is 3.55. The zero-order valence-electron chi connectivity index (χ0n) is 13.9.